The zero-order valence-electron chi connectivity index (χ0n) is 30.6. The minimum Gasteiger partial charge on any atom is -0.386 e. The molecule has 30 heteroatoms. The second-order valence-electron chi connectivity index (χ2n) is 12.9. The first kappa shape index (κ1) is 48.4. The Hall–Kier alpha value is -2.97. The molecule has 3 rings (SSSR count). The fourth-order valence-electron chi connectivity index (χ4n) is 4.86. The number of hydrogen-bond acceptors (Lipinski definition) is 19. The van der Waals surface area contributed by atoms with Crippen molar-refractivity contribution in [2.45, 2.75) is 70.7 Å². The molecule has 26 nitrogen and oxygen atoms in total. The lowest BCUT2D eigenvalue weighted by Gasteiger charge is -2.30. The summed E-state index contributed by atoms with van der Waals surface area (Å²) in [5, 5.41) is 28.8. The summed E-state index contributed by atoms with van der Waals surface area (Å²) in [4.78, 5) is 98.2. The molecular formula is C27H45N8O18P3S. The summed E-state index contributed by atoms with van der Waals surface area (Å²) < 4.78 is 62.0. The van der Waals surface area contributed by atoms with Crippen molar-refractivity contribution >= 4 is 75.0 Å². The second kappa shape index (κ2) is 20.8. The van der Waals surface area contributed by atoms with Crippen LogP contribution in [0.25, 0.3) is 11.2 Å². The lowest BCUT2D eigenvalue weighted by atomic mass is 9.87. The van der Waals surface area contributed by atoms with Crippen LogP contribution in [-0.2, 0) is 55.5 Å². The van der Waals surface area contributed by atoms with Gasteiger partial charge in [-0.25, -0.2) is 28.6 Å². The van der Waals surface area contributed by atoms with Crippen molar-refractivity contribution in [1.29, 1.82) is 0 Å². The Balaban J connectivity index is 1.46. The number of anilines is 1. The SMILES string of the molecule is CC(=O)NCCCC(=O)SCCNC(=O)CCNC(=O)C(O)C(C)(C)COP(=O)(O)OP(=O)(O)OC[C@H]1O[C@@H](n2cnc3c(N)ncnc32)[C@H](O)[C@@H]1OP(=O)(O)O. The van der Waals surface area contributed by atoms with Gasteiger partial charge in [0.15, 0.2) is 22.8 Å². The van der Waals surface area contributed by atoms with E-state index in [-0.39, 0.29) is 53.9 Å². The van der Waals surface area contributed by atoms with E-state index in [1.165, 1.54) is 20.8 Å². The fraction of sp³-hybridized carbons (Fsp3) is 0.667. The number of phosphoric ester groups is 3. The number of carbonyl (C=O) groups excluding carboxylic acids is 4. The van der Waals surface area contributed by atoms with Crippen molar-refractivity contribution in [2.75, 3.05) is 44.3 Å². The lowest BCUT2D eigenvalue weighted by Crippen LogP contribution is -2.46. The van der Waals surface area contributed by atoms with Crippen molar-refractivity contribution in [3.63, 3.8) is 0 Å². The average molecular weight is 895 g/mol. The van der Waals surface area contributed by atoms with Gasteiger partial charge >= 0.3 is 23.5 Å². The van der Waals surface area contributed by atoms with Gasteiger partial charge in [0.1, 0.15) is 36.3 Å². The summed E-state index contributed by atoms with van der Waals surface area (Å²) in [5.74, 6) is -1.40. The highest BCUT2D eigenvalue weighted by Gasteiger charge is 2.50. The van der Waals surface area contributed by atoms with Gasteiger partial charge in [-0.05, 0) is 6.42 Å². The van der Waals surface area contributed by atoms with E-state index in [0.29, 0.717) is 18.7 Å². The molecule has 1 aliphatic rings. The first-order valence-corrected chi connectivity index (χ1v) is 22.2. The quantitative estimate of drug-likeness (QED) is 0.0452. The highest BCUT2D eigenvalue weighted by Crippen LogP contribution is 2.61. The van der Waals surface area contributed by atoms with E-state index in [1.807, 2.05) is 0 Å². The molecule has 3 unspecified atom stereocenters. The zero-order chi connectivity index (χ0) is 42.8. The van der Waals surface area contributed by atoms with Gasteiger partial charge in [-0.2, -0.15) is 4.31 Å². The van der Waals surface area contributed by atoms with Crippen LogP contribution in [0.1, 0.15) is 46.3 Å². The van der Waals surface area contributed by atoms with Gasteiger partial charge < -0.3 is 56.2 Å². The van der Waals surface area contributed by atoms with Crippen LogP contribution in [0.5, 0.6) is 0 Å². The maximum atomic E-state index is 12.7. The number of rotatable bonds is 23. The number of thioether (sulfide) groups is 1. The van der Waals surface area contributed by atoms with Gasteiger partial charge in [0.25, 0.3) is 0 Å². The van der Waals surface area contributed by atoms with Crippen molar-refractivity contribution in [1.82, 2.24) is 35.5 Å². The summed E-state index contributed by atoms with van der Waals surface area (Å²) in [6.07, 6.45) is -6.26. The zero-order valence-corrected chi connectivity index (χ0v) is 34.1. The smallest absolute Gasteiger partial charge is 0.386 e. The molecule has 57 heavy (non-hydrogen) atoms. The normalized spacial score (nSPS) is 21.4. The Morgan fingerprint density at radius 2 is 1.68 bits per heavy atom. The molecule has 1 aliphatic heterocycles. The van der Waals surface area contributed by atoms with Gasteiger partial charge in [0, 0.05) is 50.6 Å². The number of carbonyl (C=O) groups is 4. The Morgan fingerprint density at radius 3 is 2.35 bits per heavy atom. The van der Waals surface area contributed by atoms with Crippen LogP contribution in [0, 0.1) is 5.41 Å². The van der Waals surface area contributed by atoms with E-state index in [1.54, 1.807) is 0 Å². The predicted octanol–water partition coefficient (Wildman–Crippen LogP) is -1.42. The molecule has 1 fully saturated rings. The summed E-state index contributed by atoms with van der Waals surface area (Å²) >= 11 is 1.02. The van der Waals surface area contributed by atoms with Crippen LogP contribution in [-0.4, -0.2) is 135 Å². The summed E-state index contributed by atoms with van der Waals surface area (Å²) in [7, 11) is -16.4. The van der Waals surface area contributed by atoms with Crippen molar-refractivity contribution in [3.8, 4) is 0 Å². The molecule has 0 spiro atoms. The molecule has 2 aromatic rings. The van der Waals surface area contributed by atoms with E-state index in [0.717, 1.165) is 29.0 Å². The third-order valence-electron chi connectivity index (χ3n) is 7.70. The average Bonchev–Trinajstić information content (AvgIpc) is 3.66. The van der Waals surface area contributed by atoms with Crippen molar-refractivity contribution in [2.24, 2.45) is 5.41 Å². The fourth-order valence-corrected chi connectivity index (χ4v) is 8.41. The molecule has 7 atom stereocenters. The molecule has 0 aromatic carbocycles. The summed E-state index contributed by atoms with van der Waals surface area (Å²) in [6.45, 7) is 2.13. The molecule has 0 saturated carbocycles. The number of hydrogen-bond donors (Lipinski definition) is 10. The van der Waals surface area contributed by atoms with E-state index in [2.05, 4.69) is 39.7 Å². The number of imidazole rings is 1. The van der Waals surface area contributed by atoms with Crippen LogP contribution in [0.2, 0.25) is 0 Å². The Labute approximate surface area is 328 Å². The number of fused-ring (bicyclic) bond motifs is 1. The minimum atomic E-state index is -5.58. The van der Waals surface area contributed by atoms with Crippen LogP contribution in [0.15, 0.2) is 12.7 Å². The number of aliphatic hydroxyl groups excluding tert-OH is 2. The van der Waals surface area contributed by atoms with Crippen molar-refractivity contribution < 1.29 is 85.3 Å². The summed E-state index contributed by atoms with van der Waals surface area (Å²) in [6, 6.07) is 0. The van der Waals surface area contributed by atoms with Crippen LogP contribution >= 0.6 is 35.2 Å². The molecule has 0 radical (unpaired) electrons. The monoisotopic (exact) mass is 894 g/mol. The van der Waals surface area contributed by atoms with E-state index >= 15 is 0 Å². The first-order chi connectivity index (χ1) is 26.4. The van der Waals surface area contributed by atoms with Crippen LogP contribution in [0.4, 0.5) is 5.82 Å². The Bertz CT molecular complexity index is 1880. The highest BCUT2D eigenvalue weighted by atomic mass is 32.2. The standard InChI is InChI=1S/C27H45N8O18P3S/c1-15(36)29-7-4-5-18(38)57-10-9-30-17(37)6-8-31-25(41)22(40)27(2,3)12-50-56(47,48)53-55(45,46)49-11-16-21(52-54(42,43)44)20(39)26(51-16)35-14-34-19-23(28)32-13-33-24(19)35/h13-14,16,20-22,26,39-40H,4-12H2,1-3H3,(H,29,36)(H,30,37)(H,31,41)(H,45,46)(H,47,48)(H2,28,32,33)(H2,42,43,44)/t16-,20-,21-,22?,26-/m1/s1. The topological polar surface area (TPSA) is 393 Å². The van der Waals surface area contributed by atoms with Crippen molar-refractivity contribution in [3.05, 3.63) is 12.7 Å². The molecule has 3 amide bonds. The molecule has 3 heterocycles. The number of nitrogens with two attached hydrogens (primary N) is 1. The minimum absolute atomic E-state index is 0.0249. The maximum Gasteiger partial charge on any atom is 0.481 e. The highest BCUT2D eigenvalue weighted by molar-refractivity contribution is 8.13. The summed E-state index contributed by atoms with van der Waals surface area (Å²) in [5.41, 5.74) is 4.23. The Morgan fingerprint density at radius 1 is 1.00 bits per heavy atom. The molecule has 322 valence electrons. The van der Waals surface area contributed by atoms with Crippen LogP contribution < -0.4 is 21.7 Å². The largest absolute Gasteiger partial charge is 0.481 e. The first-order valence-electron chi connectivity index (χ1n) is 16.7. The molecule has 11 N–H and O–H groups in total. The van der Waals surface area contributed by atoms with Gasteiger partial charge in [-0.15, -0.1) is 0 Å². The number of amides is 3. The molecular weight excluding hydrogens is 849 g/mol. The number of ether oxygens (including phenoxy) is 1. The van der Waals surface area contributed by atoms with E-state index in [9.17, 15) is 62.7 Å². The Kier molecular flexibility index (Phi) is 17.7. The molecule has 2 aromatic heterocycles. The van der Waals surface area contributed by atoms with Gasteiger partial charge in [0.2, 0.25) is 17.7 Å². The second-order valence-corrected chi connectivity index (χ2v) is 18.3. The van der Waals surface area contributed by atoms with E-state index < -0.39 is 84.6 Å². The number of nitrogen functional groups attached to an aromatic ring is 1. The number of nitrogens with one attached hydrogen (secondary N) is 3. The third-order valence-corrected chi connectivity index (χ3v) is 11.7. The van der Waals surface area contributed by atoms with Gasteiger partial charge in [0.05, 0.1) is 19.5 Å². The molecule has 1 saturated heterocycles. The number of phosphoric acid groups is 3. The third kappa shape index (κ3) is 15.6. The van der Waals surface area contributed by atoms with Gasteiger partial charge in [-0.1, -0.05) is 25.6 Å². The van der Waals surface area contributed by atoms with Gasteiger partial charge in [-0.3, -0.25) is 37.3 Å². The molecule has 0 aliphatic carbocycles. The van der Waals surface area contributed by atoms with E-state index in [4.69, 9.17) is 19.5 Å². The molecule has 0 bridgehead atoms. The predicted molar refractivity (Wildman–Crippen MR) is 195 cm³/mol. The number of nitrogens with zero attached hydrogens (tertiary/aromatic N) is 4. The number of aliphatic hydroxyl groups is 2. The van der Waals surface area contributed by atoms with Crippen LogP contribution in [0.3, 0.4) is 0 Å². The maximum absolute atomic E-state index is 12.7. The number of aromatic nitrogens is 4. The lowest BCUT2D eigenvalue weighted by molar-refractivity contribution is -0.137.